The van der Waals surface area contributed by atoms with E-state index in [2.05, 4.69) is 4.74 Å². The molecular weight excluding hydrogens is 144 g/mol. The monoisotopic (exact) mass is 160 g/mol. The lowest BCUT2D eigenvalue weighted by Gasteiger charge is -1.89. The molecule has 0 heterocycles. The molecule has 66 valence electrons. The summed E-state index contributed by atoms with van der Waals surface area (Å²) < 4.78 is 4.40. The van der Waals surface area contributed by atoms with Crippen molar-refractivity contribution in [2.75, 3.05) is 6.61 Å². The number of aldehydes is 1. The van der Waals surface area contributed by atoms with E-state index in [0.29, 0.717) is 6.61 Å². The number of rotatable bonds is 2. The van der Waals surface area contributed by atoms with Crippen LogP contribution in [0.15, 0.2) is 0 Å². The van der Waals surface area contributed by atoms with Crippen LogP contribution < -0.4 is 0 Å². The van der Waals surface area contributed by atoms with Gasteiger partial charge in [-0.3, -0.25) is 4.79 Å². The summed E-state index contributed by atoms with van der Waals surface area (Å²) in [4.78, 5) is 19.3. The maximum Gasteiger partial charge on any atom is 0.302 e. The molecule has 3 heteroatoms. The van der Waals surface area contributed by atoms with E-state index in [1.165, 1.54) is 6.92 Å². The normalized spacial score (nSPS) is 8.09. The van der Waals surface area contributed by atoms with E-state index in [-0.39, 0.29) is 11.9 Å². The second-order valence-corrected chi connectivity index (χ2v) is 2.30. The zero-order valence-electron chi connectivity index (χ0n) is 7.59. The smallest absolute Gasteiger partial charge is 0.302 e. The van der Waals surface area contributed by atoms with Crippen LogP contribution in [0.25, 0.3) is 0 Å². The van der Waals surface area contributed by atoms with Crippen LogP contribution in [-0.2, 0) is 14.3 Å². The summed E-state index contributed by atoms with van der Waals surface area (Å²) in [6.07, 6.45) is 0.917. The minimum absolute atomic E-state index is 0.204. The maximum atomic E-state index is 9.82. The molecule has 0 aromatic rings. The van der Waals surface area contributed by atoms with Gasteiger partial charge in [0.1, 0.15) is 6.29 Å². The minimum Gasteiger partial charge on any atom is -0.466 e. The van der Waals surface area contributed by atoms with Crippen molar-refractivity contribution in [3.63, 3.8) is 0 Å². The van der Waals surface area contributed by atoms with Gasteiger partial charge >= 0.3 is 5.97 Å². The van der Waals surface area contributed by atoms with Crippen LogP contribution in [0.4, 0.5) is 0 Å². The first-order chi connectivity index (χ1) is 5.04. The second-order valence-electron chi connectivity index (χ2n) is 2.30. The second kappa shape index (κ2) is 9.14. The highest BCUT2D eigenvalue weighted by atomic mass is 16.5. The Bertz CT molecular complexity index is 108. The first kappa shape index (κ1) is 12.8. The molecule has 0 aliphatic heterocycles. The minimum atomic E-state index is -0.211. The van der Waals surface area contributed by atoms with Crippen molar-refractivity contribution < 1.29 is 14.3 Å². The molecule has 0 unspecified atom stereocenters. The fourth-order valence-corrected chi connectivity index (χ4v) is 0.203. The first-order valence-corrected chi connectivity index (χ1v) is 3.63. The largest absolute Gasteiger partial charge is 0.466 e. The molecule has 0 atom stereocenters. The molecule has 0 amide bonds. The summed E-state index contributed by atoms with van der Waals surface area (Å²) in [5.74, 6) is -0.00694. The van der Waals surface area contributed by atoms with E-state index < -0.39 is 0 Å². The van der Waals surface area contributed by atoms with Crippen molar-refractivity contribution >= 4 is 12.3 Å². The molecule has 0 fully saturated rings. The van der Waals surface area contributed by atoms with Crippen LogP contribution >= 0.6 is 0 Å². The Morgan fingerprint density at radius 2 is 1.91 bits per heavy atom. The molecule has 0 aromatic carbocycles. The molecule has 0 saturated carbocycles. The fourth-order valence-electron chi connectivity index (χ4n) is 0.203. The zero-order valence-corrected chi connectivity index (χ0v) is 7.59. The summed E-state index contributed by atoms with van der Waals surface area (Å²) >= 11 is 0. The quantitative estimate of drug-likeness (QED) is 0.453. The lowest BCUT2D eigenvalue weighted by Crippen LogP contribution is -1.95. The standard InChI is InChI=1S/C4H8O2.C4H8O/c1-3-6-4(2)5;1-4(2)3-5/h3H2,1-2H3;3-4H,1-2H3. The van der Waals surface area contributed by atoms with E-state index >= 15 is 0 Å². The Morgan fingerprint density at radius 1 is 1.55 bits per heavy atom. The Labute approximate surface area is 67.7 Å². The van der Waals surface area contributed by atoms with Crippen molar-refractivity contribution in [1.82, 2.24) is 0 Å². The topological polar surface area (TPSA) is 43.4 Å². The maximum absolute atomic E-state index is 9.82. The van der Waals surface area contributed by atoms with E-state index in [0.717, 1.165) is 6.29 Å². The van der Waals surface area contributed by atoms with E-state index in [9.17, 15) is 9.59 Å². The number of carbonyl (C=O) groups excluding carboxylic acids is 2. The van der Waals surface area contributed by atoms with Gasteiger partial charge in [0, 0.05) is 12.8 Å². The van der Waals surface area contributed by atoms with Crippen LogP contribution in [0.1, 0.15) is 27.7 Å². The Kier molecular flexibility index (Phi) is 10.6. The van der Waals surface area contributed by atoms with Crippen molar-refractivity contribution in [3.05, 3.63) is 0 Å². The molecule has 0 bridgehead atoms. The summed E-state index contributed by atoms with van der Waals surface area (Å²) in [5.41, 5.74) is 0. The van der Waals surface area contributed by atoms with Gasteiger partial charge in [-0.25, -0.2) is 0 Å². The van der Waals surface area contributed by atoms with E-state index in [4.69, 9.17) is 0 Å². The van der Waals surface area contributed by atoms with Gasteiger partial charge in [-0.15, -0.1) is 0 Å². The van der Waals surface area contributed by atoms with Gasteiger partial charge in [-0.05, 0) is 6.92 Å². The van der Waals surface area contributed by atoms with E-state index in [1.54, 1.807) is 6.92 Å². The van der Waals surface area contributed by atoms with Crippen LogP contribution in [0, 0.1) is 5.92 Å². The molecule has 0 aliphatic rings. The number of carbonyl (C=O) groups is 2. The average molecular weight is 160 g/mol. The van der Waals surface area contributed by atoms with Crippen molar-refractivity contribution in [2.24, 2.45) is 5.92 Å². The van der Waals surface area contributed by atoms with Gasteiger partial charge in [0.05, 0.1) is 6.61 Å². The molecule has 0 rings (SSSR count). The van der Waals surface area contributed by atoms with Gasteiger partial charge in [0.2, 0.25) is 0 Å². The molecule has 0 N–H and O–H groups in total. The third-order valence-corrected chi connectivity index (χ3v) is 0.620. The van der Waals surface area contributed by atoms with Gasteiger partial charge in [0.25, 0.3) is 0 Å². The summed E-state index contributed by atoms with van der Waals surface area (Å²) in [6.45, 7) is 7.36. The van der Waals surface area contributed by atoms with Crippen LogP contribution in [0.3, 0.4) is 0 Å². The van der Waals surface area contributed by atoms with Gasteiger partial charge < -0.3 is 9.53 Å². The highest BCUT2D eigenvalue weighted by Gasteiger charge is 1.81. The van der Waals surface area contributed by atoms with E-state index in [1.807, 2.05) is 13.8 Å². The summed E-state index contributed by atoms with van der Waals surface area (Å²) in [5, 5.41) is 0. The third-order valence-electron chi connectivity index (χ3n) is 0.620. The molecule has 0 aliphatic carbocycles. The predicted octanol–water partition coefficient (Wildman–Crippen LogP) is 1.41. The molecule has 3 nitrogen and oxygen atoms in total. The fraction of sp³-hybridized carbons (Fsp3) is 0.750. The first-order valence-electron chi connectivity index (χ1n) is 3.63. The number of hydrogen-bond donors (Lipinski definition) is 0. The van der Waals surface area contributed by atoms with Gasteiger partial charge in [-0.1, -0.05) is 13.8 Å². The molecule has 0 aromatic heterocycles. The summed E-state index contributed by atoms with van der Waals surface area (Å²) in [7, 11) is 0. The lowest BCUT2D eigenvalue weighted by molar-refractivity contribution is -0.140. The predicted molar refractivity (Wildman–Crippen MR) is 43.2 cm³/mol. The van der Waals surface area contributed by atoms with Gasteiger partial charge in [0.15, 0.2) is 0 Å². The number of esters is 1. The van der Waals surface area contributed by atoms with Crippen molar-refractivity contribution in [2.45, 2.75) is 27.7 Å². The van der Waals surface area contributed by atoms with Crippen molar-refractivity contribution in [3.8, 4) is 0 Å². The highest BCUT2D eigenvalue weighted by molar-refractivity contribution is 5.65. The SMILES string of the molecule is CC(C)C=O.CCOC(C)=O. The molecule has 0 saturated heterocycles. The summed E-state index contributed by atoms with van der Waals surface area (Å²) in [6, 6.07) is 0. The molecular formula is C8H16O3. The third kappa shape index (κ3) is 27.2. The molecule has 0 radical (unpaired) electrons. The van der Waals surface area contributed by atoms with Crippen molar-refractivity contribution in [1.29, 1.82) is 0 Å². The van der Waals surface area contributed by atoms with Gasteiger partial charge in [-0.2, -0.15) is 0 Å². The Morgan fingerprint density at radius 3 is 1.91 bits per heavy atom. The highest BCUT2D eigenvalue weighted by Crippen LogP contribution is 1.78. The van der Waals surface area contributed by atoms with Crippen LogP contribution in [-0.4, -0.2) is 18.9 Å². The average Bonchev–Trinajstić information content (AvgIpc) is 1.89. The lowest BCUT2D eigenvalue weighted by atomic mass is 10.3. The zero-order chi connectivity index (χ0) is 9.28. The van der Waals surface area contributed by atoms with Crippen LogP contribution in [0.5, 0.6) is 0 Å². The number of hydrogen-bond acceptors (Lipinski definition) is 3. The molecule has 11 heavy (non-hydrogen) atoms. The van der Waals surface area contributed by atoms with Crippen LogP contribution in [0.2, 0.25) is 0 Å². The number of ether oxygens (including phenoxy) is 1. The molecule has 0 spiro atoms. The Hall–Kier alpha value is -0.860. The Balaban J connectivity index is 0.